The van der Waals surface area contributed by atoms with E-state index in [0.29, 0.717) is 22.5 Å². The zero-order valence-electron chi connectivity index (χ0n) is 14.3. The van der Waals surface area contributed by atoms with Crippen LogP contribution in [-0.2, 0) is 17.6 Å². The summed E-state index contributed by atoms with van der Waals surface area (Å²) in [5.74, 6) is 0.163. The van der Waals surface area contributed by atoms with E-state index in [4.69, 9.17) is 4.42 Å². The first-order chi connectivity index (χ1) is 12.6. The number of hydrogen-bond acceptors (Lipinski definition) is 3. The average molecular weight is 417 g/mol. The molecule has 0 radical (unpaired) electrons. The largest absolute Gasteiger partial charge is 0.440 e. The van der Waals surface area contributed by atoms with Crippen molar-refractivity contribution in [3.63, 3.8) is 0 Å². The van der Waals surface area contributed by atoms with Gasteiger partial charge in [0.2, 0.25) is 11.8 Å². The van der Waals surface area contributed by atoms with Crippen LogP contribution in [-0.4, -0.2) is 10.9 Å². The van der Waals surface area contributed by atoms with Crippen LogP contribution in [0.15, 0.2) is 57.4 Å². The van der Waals surface area contributed by atoms with E-state index >= 15 is 0 Å². The molecular weight excluding hydrogens is 399 g/mol. The van der Waals surface area contributed by atoms with Gasteiger partial charge in [-0.1, -0.05) is 47.5 Å². The lowest BCUT2D eigenvalue weighted by Gasteiger charge is -2.06. The van der Waals surface area contributed by atoms with Crippen molar-refractivity contribution in [1.29, 1.82) is 0 Å². The molecule has 1 amide bonds. The topological polar surface area (TPSA) is 55.1 Å². The Hall–Kier alpha value is -2.47. The Morgan fingerprint density at radius 1 is 1.23 bits per heavy atom. The molecule has 0 spiro atoms. The Morgan fingerprint density at radius 3 is 2.69 bits per heavy atom. The lowest BCUT2D eigenvalue weighted by atomic mass is 10.2. The summed E-state index contributed by atoms with van der Waals surface area (Å²) < 4.78 is 20.3. The van der Waals surface area contributed by atoms with Crippen molar-refractivity contribution in [3.05, 3.63) is 70.3 Å². The van der Waals surface area contributed by atoms with Gasteiger partial charge in [0.05, 0.1) is 17.8 Å². The molecule has 4 nitrogen and oxygen atoms in total. The van der Waals surface area contributed by atoms with E-state index in [1.54, 1.807) is 6.07 Å². The number of aromatic nitrogens is 1. The van der Waals surface area contributed by atoms with Crippen LogP contribution in [0.1, 0.15) is 24.8 Å². The SMILES string of the molecule is CCCc1nc(-c2ccccc2)oc1CC(=O)Nc1ccc(Br)cc1F. The molecule has 6 heteroatoms. The van der Waals surface area contributed by atoms with Gasteiger partial charge >= 0.3 is 0 Å². The first kappa shape index (κ1) is 18.3. The Labute approximate surface area is 159 Å². The Bertz CT molecular complexity index is 909. The summed E-state index contributed by atoms with van der Waals surface area (Å²) in [4.78, 5) is 16.9. The zero-order valence-corrected chi connectivity index (χ0v) is 15.8. The summed E-state index contributed by atoms with van der Waals surface area (Å²) in [5, 5.41) is 2.58. The number of halogens is 2. The summed E-state index contributed by atoms with van der Waals surface area (Å²) in [6, 6.07) is 14.0. The van der Waals surface area contributed by atoms with E-state index in [-0.39, 0.29) is 18.0 Å². The molecule has 0 unspecified atom stereocenters. The predicted molar refractivity (Wildman–Crippen MR) is 102 cm³/mol. The van der Waals surface area contributed by atoms with E-state index < -0.39 is 5.82 Å². The van der Waals surface area contributed by atoms with E-state index in [9.17, 15) is 9.18 Å². The summed E-state index contributed by atoms with van der Waals surface area (Å²) >= 11 is 3.19. The van der Waals surface area contributed by atoms with Crippen molar-refractivity contribution in [2.24, 2.45) is 0 Å². The summed E-state index contributed by atoms with van der Waals surface area (Å²) in [6.07, 6.45) is 1.60. The van der Waals surface area contributed by atoms with Gasteiger partial charge in [-0.25, -0.2) is 9.37 Å². The normalized spacial score (nSPS) is 10.7. The minimum absolute atomic E-state index is 0.00463. The number of carbonyl (C=O) groups excluding carboxylic acids is 1. The highest BCUT2D eigenvalue weighted by molar-refractivity contribution is 9.10. The van der Waals surface area contributed by atoms with Crippen molar-refractivity contribution in [2.45, 2.75) is 26.2 Å². The van der Waals surface area contributed by atoms with Crippen molar-refractivity contribution in [1.82, 2.24) is 4.98 Å². The van der Waals surface area contributed by atoms with E-state index in [1.807, 2.05) is 37.3 Å². The predicted octanol–water partition coefficient (Wildman–Crippen LogP) is 5.38. The Morgan fingerprint density at radius 2 is 2.00 bits per heavy atom. The molecule has 1 aromatic heterocycles. The third kappa shape index (κ3) is 4.38. The Kier molecular flexibility index (Phi) is 5.83. The molecule has 26 heavy (non-hydrogen) atoms. The van der Waals surface area contributed by atoms with E-state index in [1.165, 1.54) is 12.1 Å². The number of rotatable bonds is 6. The maximum absolute atomic E-state index is 13.9. The average Bonchev–Trinajstić information content (AvgIpc) is 3.01. The molecule has 1 N–H and O–H groups in total. The number of oxazole rings is 1. The molecule has 0 saturated carbocycles. The molecule has 134 valence electrons. The van der Waals surface area contributed by atoms with Gasteiger partial charge in [-0.2, -0.15) is 0 Å². The first-order valence-electron chi connectivity index (χ1n) is 8.35. The number of nitrogens with one attached hydrogen (secondary N) is 1. The third-order valence-corrected chi connectivity index (χ3v) is 4.31. The molecule has 0 atom stereocenters. The minimum Gasteiger partial charge on any atom is -0.440 e. The number of hydrogen-bond donors (Lipinski definition) is 1. The molecule has 2 aromatic carbocycles. The van der Waals surface area contributed by atoms with Crippen LogP contribution in [0, 0.1) is 5.82 Å². The molecule has 0 aliphatic rings. The van der Waals surface area contributed by atoms with Crippen LogP contribution in [0.4, 0.5) is 10.1 Å². The van der Waals surface area contributed by atoms with Crippen molar-refractivity contribution in [3.8, 4) is 11.5 Å². The lowest BCUT2D eigenvalue weighted by Crippen LogP contribution is -2.15. The number of benzene rings is 2. The third-order valence-electron chi connectivity index (χ3n) is 3.81. The molecule has 3 rings (SSSR count). The number of carbonyl (C=O) groups is 1. The number of nitrogens with zero attached hydrogens (tertiary/aromatic N) is 1. The van der Waals surface area contributed by atoms with Crippen molar-refractivity contribution >= 4 is 27.5 Å². The molecule has 0 aliphatic carbocycles. The van der Waals surface area contributed by atoms with Gasteiger partial charge < -0.3 is 9.73 Å². The standard InChI is InChI=1S/C20H18BrFN2O2/c1-2-6-17-18(26-20(24-17)13-7-4-3-5-8-13)12-19(25)23-16-10-9-14(21)11-15(16)22/h3-5,7-11H,2,6,12H2,1H3,(H,23,25). The van der Waals surface area contributed by atoms with Gasteiger partial charge in [-0.05, 0) is 36.8 Å². The van der Waals surface area contributed by atoms with Crippen LogP contribution in [0.5, 0.6) is 0 Å². The summed E-state index contributed by atoms with van der Waals surface area (Å²) in [5.41, 5.74) is 1.76. The highest BCUT2D eigenvalue weighted by atomic mass is 79.9. The summed E-state index contributed by atoms with van der Waals surface area (Å²) in [6.45, 7) is 2.04. The van der Waals surface area contributed by atoms with Crippen LogP contribution in [0.3, 0.4) is 0 Å². The van der Waals surface area contributed by atoms with Crippen LogP contribution >= 0.6 is 15.9 Å². The molecule has 0 saturated heterocycles. The van der Waals surface area contributed by atoms with Gasteiger partial charge in [-0.15, -0.1) is 0 Å². The maximum Gasteiger partial charge on any atom is 0.232 e. The molecule has 3 aromatic rings. The van der Waals surface area contributed by atoms with Gasteiger partial charge in [-0.3, -0.25) is 4.79 Å². The quantitative estimate of drug-likeness (QED) is 0.586. The summed E-state index contributed by atoms with van der Waals surface area (Å²) in [7, 11) is 0. The second kappa shape index (κ2) is 8.27. The Balaban J connectivity index is 1.79. The fourth-order valence-electron chi connectivity index (χ4n) is 2.59. The highest BCUT2D eigenvalue weighted by Gasteiger charge is 2.18. The number of aryl methyl sites for hydroxylation is 1. The molecule has 0 aliphatic heterocycles. The maximum atomic E-state index is 13.9. The minimum atomic E-state index is -0.496. The van der Waals surface area contributed by atoms with Crippen LogP contribution < -0.4 is 5.32 Å². The van der Waals surface area contributed by atoms with Crippen LogP contribution in [0.2, 0.25) is 0 Å². The first-order valence-corrected chi connectivity index (χ1v) is 9.15. The lowest BCUT2D eigenvalue weighted by molar-refractivity contribution is -0.115. The second-order valence-corrected chi connectivity index (χ2v) is 6.77. The van der Waals surface area contributed by atoms with Crippen LogP contribution in [0.25, 0.3) is 11.5 Å². The van der Waals surface area contributed by atoms with Gasteiger partial charge in [0.25, 0.3) is 0 Å². The van der Waals surface area contributed by atoms with Crippen molar-refractivity contribution in [2.75, 3.05) is 5.32 Å². The van der Waals surface area contributed by atoms with Gasteiger partial charge in [0, 0.05) is 10.0 Å². The second-order valence-electron chi connectivity index (χ2n) is 5.85. The van der Waals surface area contributed by atoms with Gasteiger partial charge in [0.15, 0.2) is 0 Å². The highest BCUT2D eigenvalue weighted by Crippen LogP contribution is 2.24. The zero-order chi connectivity index (χ0) is 18.5. The smallest absolute Gasteiger partial charge is 0.232 e. The van der Waals surface area contributed by atoms with E-state index in [2.05, 4.69) is 26.2 Å². The number of anilines is 1. The van der Waals surface area contributed by atoms with Gasteiger partial charge in [0.1, 0.15) is 11.6 Å². The molecule has 1 heterocycles. The fraction of sp³-hybridized carbons (Fsp3) is 0.200. The molecular formula is C20H18BrFN2O2. The monoisotopic (exact) mass is 416 g/mol. The fourth-order valence-corrected chi connectivity index (χ4v) is 2.92. The number of amides is 1. The molecule has 0 bridgehead atoms. The van der Waals surface area contributed by atoms with E-state index in [0.717, 1.165) is 17.7 Å². The van der Waals surface area contributed by atoms with Crippen molar-refractivity contribution < 1.29 is 13.6 Å². The molecule has 0 fully saturated rings.